The minimum atomic E-state index is -0.794. The molecular formula is C28H38ClN3O4. The van der Waals surface area contributed by atoms with E-state index in [-0.39, 0.29) is 17.4 Å². The van der Waals surface area contributed by atoms with E-state index < -0.39 is 17.7 Å². The standard InChI is InChI=1S/C28H38ClN3O4/c1-18(33)32-23(12-19-5-7-21(29)8-6-19)25(34)16-30-24-14-28(9-10-35-17-28)36-26-22(24)11-20(15-31-26)13-27(2,3)4/h5-8,11,15,23-25,30,34H,9-10,12-14,16-17H2,1-4H3,(H,32,33)/t23-,24-,25+,28+/m0/s1. The van der Waals surface area contributed by atoms with E-state index in [1.807, 2.05) is 30.5 Å². The van der Waals surface area contributed by atoms with E-state index in [0.717, 1.165) is 36.0 Å². The Morgan fingerprint density at radius 3 is 2.67 bits per heavy atom. The Morgan fingerprint density at radius 2 is 2.03 bits per heavy atom. The quantitative estimate of drug-likeness (QED) is 0.492. The minimum absolute atomic E-state index is 0.0500. The second kappa shape index (κ2) is 11.1. The lowest BCUT2D eigenvalue weighted by molar-refractivity contribution is -0.120. The molecule has 1 aromatic carbocycles. The Morgan fingerprint density at radius 1 is 1.28 bits per heavy atom. The van der Waals surface area contributed by atoms with Gasteiger partial charge in [-0.25, -0.2) is 4.98 Å². The predicted octanol–water partition coefficient (Wildman–Crippen LogP) is 4.00. The van der Waals surface area contributed by atoms with Crippen molar-refractivity contribution in [3.05, 3.63) is 58.2 Å². The third-order valence-corrected chi connectivity index (χ3v) is 7.05. The van der Waals surface area contributed by atoms with Gasteiger partial charge in [-0.2, -0.15) is 0 Å². The molecule has 3 N–H and O–H groups in total. The van der Waals surface area contributed by atoms with Gasteiger partial charge in [-0.1, -0.05) is 44.5 Å². The zero-order chi connectivity index (χ0) is 25.9. The first kappa shape index (κ1) is 26.9. The van der Waals surface area contributed by atoms with Crippen LogP contribution in [0.1, 0.15) is 63.3 Å². The van der Waals surface area contributed by atoms with Crippen molar-refractivity contribution in [3.63, 3.8) is 0 Å². The van der Waals surface area contributed by atoms with Crippen molar-refractivity contribution in [2.75, 3.05) is 19.8 Å². The topological polar surface area (TPSA) is 92.7 Å². The molecule has 3 heterocycles. The summed E-state index contributed by atoms with van der Waals surface area (Å²) in [5, 5.41) is 18.3. The Hall–Kier alpha value is -2.19. The lowest BCUT2D eigenvalue weighted by Crippen LogP contribution is -2.50. The van der Waals surface area contributed by atoms with E-state index in [4.69, 9.17) is 21.1 Å². The number of carbonyl (C=O) groups excluding carboxylic acids is 1. The number of hydrogen-bond donors (Lipinski definition) is 3. The molecule has 4 rings (SSSR count). The molecule has 196 valence electrons. The average Bonchev–Trinajstić information content (AvgIpc) is 3.24. The molecule has 1 fully saturated rings. The number of aliphatic hydroxyl groups is 1. The van der Waals surface area contributed by atoms with E-state index >= 15 is 0 Å². The number of rotatable bonds is 8. The van der Waals surface area contributed by atoms with Gasteiger partial charge in [-0.15, -0.1) is 0 Å². The maximum Gasteiger partial charge on any atom is 0.218 e. The number of carbonyl (C=O) groups is 1. The highest BCUT2D eigenvalue weighted by Gasteiger charge is 2.45. The molecule has 1 aromatic heterocycles. The number of nitrogens with one attached hydrogen (secondary N) is 2. The summed E-state index contributed by atoms with van der Waals surface area (Å²) in [5.74, 6) is 0.457. The van der Waals surface area contributed by atoms with Crippen LogP contribution >= 0.6 is 11.6 Å². The molecule has 0 bridgehead atoms. The van der Waals surface area contributed by atoms with Gasteiger partial charge in [0.1, 0.15) is 5.60 Å². The van der Waals surface area contributed by atoms with Crippen LogP contribution in [-0.4, -0.2) is 53.5 Å². The van der Waals surface area contributed by atoms with Gasteiger partial charge in [0.25, 0.3) is 0 Å². The highest BCUT2D eigenvalue weighted by Crippen LogP contribution is 2.42. The molecule has 0 saturated carbocycles. The van der Waals surface area contributed by atoms with Crippen LogP contribution in [0, 0.1) is 5.41 Å². The minimum Gasteiger partial charge on any atom is -0.468 e. The smallest absolute Gasteiger partial charge is 0.218 e. The number of nitrogens with zero attached hydrogens (tertiary/aromatic N) is 1. The zero-order valence-corrected chi connectivity index (χ0v) is 22.4. The lowest BCUT2D eigenvalue weighted by atomic mass is 9.85. The summed E-state index contributed by atoms with van der Waals surface area (Å²) in [7, 11) is 0. The summed E-state index contributed by atoms with van der Waals surface area (Å²) in [6.07, 6.45) is 4.06. The number of amides is 1. The monoisotopic (exact) mass is 515 g/mol. The van der Waals surface area contributed by atoms with Gasteiger partial charge in [0.15, 0.2) is 0 Å². The van der Waals surface area contributed by atoms with Crippen molar-refractivity contribution in [1.82, 2.24) is 15.6 Å². The van der Waals surface area contributed by atoms with Gasteiger partial charge in [-0.3, -0.25) is 4.79 Å². The number of hydrogen-bond acceptors (Lipinski definition) is 6. The SMILES string of the molecule is CC(=O)N[C@@H](Cc1ccc(Cl)cc1)[C@H](O)CN[C@H]1C[C@@]2(CCOC2)Oc2ncc(CC(C)(C)C)cc21. The lowest BCUT2D eigenvalue weighted by Gasteiger charge is -2.39. The number of halogens is 1. The van der Waals surface area contributed by atoms with Gasteiger partial charge < -0.3 is 25.2 Å². The van der Waals surface area contributed by atoms with Crippen LogP contribution in [-0.2, 0) is 22.4 Å². The molecule has 2 aliphatic rings. The van der Waals surface area contributed by atoms with E-state index in [2.05, 4.69) is 42.5 Å². The van der Waals surface area contributed by atoms with Crippen molar-refractivity contribution >= 4 is 17.5 Å². The normalized spacial score (nSPS) is 23.1. The third kappa shape index (κ3) is 6.97. The first-order valence-corrected chi connectivity index (χ1v) is 13.1. The van der Waals surface area contributed by atoms with E-state index in [0.29, 0.717) is 37.1 Å². The fourth-order valence-corrected chi connectivity index (χ4v) is 5.25. The van der Waals surface area contributed by atoms with Gasteiger partial charge in [0.05, 0.1) is 25.4 Å². The molecule has 2 aromatic rings. The fourth-order valence-electron chi connectivity index (χ4n) is 5.12. The Bertz CT molecular complexity index is 1050. The van der Waals surface area contributed by atoms with Crippen molar-refractivity contribution in [2.24, 2.45) is 5.41 Å². The molecule has 2 aliphatic heterocycles. The third-order valence-electron chi connectivity index (χ3n) is 6.80. The van der Waals surface area contributed by atoms with Crippen LogP contribution in [0.3, 0.4) is 0 Å². The molecule has 0 aliphatic carbocycles. The first-order chi connectivity index (χ1) is 17.0. The van der Waals surface area contributed by atoms with Crippen molar-refractivity contribution < 1.29 is 19.4 Å². The first-order valence-electron chi connectivity index (χ1n) is 12.7. The van der Waals surface area contributed by atoms with Crippen LogP contribution in [0.15, 0.2) is 36.5 Å². The molecule has 4 atom stereocenters. The number of aromatic nitrogens is 1. The molecule has 1 saturated heterocycles. The molecule has 0 unspecified atom stereocenters. The average molecular weight is 516 g/mol. The zero-order valence-electron chi connectivity index (χ0n) is 21.6. The second-order valence-electron chi connectivity index (χ2n) is 11.4. The van der Waals surface area contributed by atoms with Crippen LogP contribution < -0.4 is 15.4 Å². The molecule has 8 heteroatoms. The number of ether oxygens (including phenoxy) is 2. The van der Waals surface area contributed by atoms with Crippen molar-refractivity contribution in [3.8, 4) is 5.88 Å². The van der Waals surface area contributed by atoms with Gasteiger partial charge in [0.2, 0.25) is 11.8 Å². The highest BCUT2D eigenvalue weighted by molar-refractivity contribution is 6.30. The van der Waals surface area contributed by atoms with E-state index in [9.17, 15) is 9.90 Å². The highest BCUT2D eigenvalue weighted by atomic mass is 35.5. The van der Waals surface area contributed by atoms with Crippen LogP contribution in [0.25, 0.3) is 0 Å². The van der Waals surface area contributed by atoms with Crippen LogP contribution in [0.2, 0.25) is 5.02 Å². The van der Waals surface area contributed by atoms with Crippen molar-refractivity contribution in [1.29, 1.82) is 0 Å². The summed E-state index contributed by atoms with van der Waals surface area (Å²) >= 11 is 6.02. The second-order valence-corrected chi connectivity index (χ2v) is 11.9. The largest absolute Gasteiger partial charge is 0.468 e. The number of fused-ring (bicyclic) bond motifs is 1. The number of aliphatic hydroxyl groups excluding tert-OH is 1. The van der Waals surface area contributed by atoms with E-state index in [1.54, 1.807) is 0 Å². The van der Waals surface area contributed by atoms with Crippen LogP contribution in [0.5, 0.6) is 5.88 Å². The summed E-state index contributed by atoms with van der Waals surface area (Å²) < 4.78 is 12.1. The van der Waals surface area contributed by atoms with Gasteiger partial charge in [-0.05, 0) is 47.6 Å². The van der Waals surface area contributed by atoms with E-state index in [1.165, 1.54) is 6.92 Å². The summed E-state index contributed by atoms with van der Waals surface area (Å²) in [6.45, 7) is 9.61. The van der Waals surface area contributed by atoms with Gasteiger partial charge in [0, 0.05) is 49.1 Å². The summed E-state index contributed by atoms with van der Waals surface area (Å²) in [5.41, 5.74) is 2.89. The molecule has 36 heavy (non-hydrogen) atoms. The molecular weight excluding hydrogens is 478 g/mol. The fraction of sp³-hybridized carbons (Fsp3) is 0.571. The summed E-state index contributed by atoms with van der Waals surface area (Å²) in [6, 6.07) is 9.15. The molecule has 0 radical (unpaired) electrons. The predicted molar refractivity (Wildman–Crippen MR) is 140 cm³/mol. The Labute approximate surface area is 218 Å². The Balaban J connectivity index is 1.51. The Kier molecular flexibility index (Phi) is 8.25. The van der Waals surface area contributed by atoms with Gasteiger partial charge >= 0.3 is 0 Å². The molecule has 7 nitrogen and oxygen atoms in total. The maximum atomic E-state index is 11.9. The number of pyridine rings is 1. The molecule has 1 spiro atoms. The number of benzene rings is 1. The van der Waals surface area contributed by atoms with Crippen molar-refractivity contribution in [2.45, 2.75) is 77.2 Å². The molecule has 1 amide bonds. The summed E-state index contributed by atoms with van der Waals surface area (Å²) in [4.78, 5) is 16.6. The van der Waals surface area contributed by atoms with Crippen LogP contribution in [0.4, 0.5) is 0 Å². The maximum absolute atomic E-state index is 11.9.